The molecule has 9 nitrogen and oxygen atoms in total. The lowest BCUT2D eigenvalue weighted by atomic mass is 9.72. The minimum Gasteiger partial charge on any atom is -0.368 e. The van der Waals surface area contributed by atoms with Gasteiger partial charge in [0.1, 0.15) is 17.8 Å². The Morgan fingerprint density at radius 1 is 1.16 bits per heavy atom. The molecule has 2 aromatic rings. The maximum atomic E-state index is 13.8. The van der Waals surface area contributed by atoms with Crippen molar-refractivity contribution in [3.63, 3.8) is 0 Å². The molecule has 3 atom stereocenters. The number of nitrogens with zero attached hydrogens (tertiary/aromatic N) is 1. The number of carbonyl (C=O) groups excluding carboxylic acids is 4. The predicted molar refractivity (Wildman–Crippen MR) is 144 cm³/mol. The summed E-state index contributed by atoms with van der Waals surface area (Å²) in [6.07, 6.45) is 6.42. The van der Waals surface area contributed by atoms with Crippen LogP contribution in [0, 0.1) is 11.3 Å². The largest absolute Gasteiger partial charge is 0.368 e. The third kappa shape index (κ3) is 5.25. The van der Waals surface area contributed by atoms with E-state index in [0.717, 1.165) is 43.0 Å². The first kappa shape index (κ1) is 26.5. The third-order valence-corrected chi connectivity index (χ3v) is 8.81. The van der Waals surface area contributed by atoms with Crippen molar-refractivity contribution in [2.24, 2.45) is 17.1 Å². The van der Waals surface area contributed by atoms with Crippen LogP contribution in [-0.2, 0) is 14.4 Å². The van der Waals surface area contributed by atoms with Crippen molar-refractivity contribution in [1.29, 1.82) is 0 Å². The number of hydrogen-bond acceptors (Lipinski definition) is 4. The molecule has 5 rings (SSSR count). The predicted octanol–water partition coefficient (Wildman–Crippen LogP) is 3.26. The van der Waals surface area contributed by atoms with Crippen molar-refractivity contribution in [3.8, 4) is 0 Å². The smallest absolute Gasteiger partial charge is 0.271 e. The van der Waals surface area contributed by atoms with E-state index < -0.39 is 29.8 Å². The number of hydrogen-bond donors (Lipinski definition) is 4. The summed E-state index contributed by atoms with van der Waals surface area (Å²) in [6.45, 7) is 4.33. The van der Waals surface area contributed by atoms with Crippen LogP contribution in [0.1, 0.15) is 75.7 Å². The number of nitrogens with one attached hydrogen (secondary N) is 3. The first-order chi connectivity index (χ1) is 18.0. The van der Waals surface area contributed by atoms with Gasteiger partial charge in [-0.15, -0.1) is 0 Å². The Bertz CT molecular complexity index is 1280. The van der Waals surface area contributed by atoms with E-state index in [2.05, 4.69) is 15.6 Å². The van der Waals surface area contributed by atoms with Crippen LogP contribution < -0.4 is 16.4 Å². The highest BCUT2D eigenvalue weighted by Crippen LogP contribution is 2.46. The lowest BCUT2D eigenvalue weighted by molar-refractivity contribution is -0.131. The van der Waals surface area contributed by atoms with Crippen LogP contribution in [0.2, 0.25) is 5.02 Å². The molecule has 1 aliphatic carbocycles. The number of likely N-dealkylation sites (tertiary alicyclic amines) is 1. The quantitative estimate of drug-likeness (QED) is 0.446. The maximum Gasteiger partial charge on any atom is 0.271 e. The molecular formula is C28H36ClN5O4. The zero-order chi connectivity index (χ0) is 27.2. The van der Waals surface area contributed by atoms with Crippen molar-refractivity contribution in [3.05, 3.63) is 35.0 Å². The monoisotopic (exact) mass is 541 g/mol. The number of carbonyl (C=O) groups is 4. The number of aromatic amines is 1. The minimum atomic E-state index is -0.998. The lowest BCUT2D eigenvalue weighted by Crippen LogP contribution is -2.53. The molecule has 0 bridgehead atoms. The molecule has 3 fully saturated rings. The summed E-state index contributed by atoms with van der Waals surface area (Å²) in [6, 6.07) is 5.43. The molecule has 4 amide bonds. The Labute approximate surface area is 227 Å². The first-order valence-corrected chi connectivity index (χ1v) is 13.8. The molecule has 3 aliphatic rings. The van der Waals surface area contributed by atoms with Gasteiger partial charge in [-0.05, 0) is 69.6 Å². The van der Waals surface area contributed by atoms with Gasteiger partial charge in [-0.1, -0.05) is 36.9 Å². The summed E-state index contributed by atoms with van der Waals surface area (Å²) >= 11 is 6.13. The fourth-order valence-corrected chi connectivity index (χ4v) is 6.89. The van der Waals surface area contributed by atoms with Crippen LogP contribution in [0.5, 0.6) is 0 Å². The highest BCUT2D eigenvalue weighted by atomic mass is 35.5. The molecule has 0 radical (unpaired) electrons. The van der Waals surface area contributed by atoms with Gasteiger partial charge in [0.05, 0.1) is 0 Å². The zero-order valence-corrected chi connectivity index (χ0v) is 22.7. The Morgan fingerprint density at radius 2 is 1.89 bits per heavy atom. The summed E-state index contributed by atoms with van der Waals surface area (Å²) in [4.78, 5) is 57.1. The molecule has 2 saturated heterocycles. The number of primary amides is 1. The van der Waals surface area contributed by atoms with Gasteiger partial charge in [0.2, 0.25) is 17.7 Å². The second kappa shape index (κ2) is 9.91. The minimum absolute atomic E-state index is 0.122. The zero-order valence-electron chi connectivity index (χ0n) is 21.9. The Hall–Kier alpha value is -3.07. The average molecular weight is 542 g/mol. The molecule has 1 aromatic carbocycles. The van der Waals surface area contributed by atoms with E-state index in [1.165, 1.54) is 0 Å². The fraction of sp³-hybridized carbons (Fsp3) is 0.571. The van der Waals surface area contributed by atoms with E-state index >= 15 is 0 Å². The summed E-state index contributed by atoms with van der Waals surface area (Å²) in [5.41, 5.74) is 6.32. The Balaban J connectivity index is 1.38. The molecule has 204 valence electrons. The number of amides is 4. The van der Waals surface area contributed by atoms with Gasteiger partial charge in [-0.2, -0.15) is 0 Å². The SMILES string of the molecule is CC1(C)C[C@@H](C[C@H](NC(=O)[C@@H]2CC3(CCCCC3)CN2C(=O)c2cc3ccc(Cl)cc3[nH]2)C(N)=O)C(=O)N1. The van der Waals surface area contributed by atoms with Crippen molar-refractivity contribution < 1.29 is 19.2 Å². The van der Waals surface area contributed by atoms with Gasteiger partial charge in [-0.25, -0.2) is 0 Å². The molecule has 1 spiro atoms. The molecule has 0 unspecified atom stereocenters. The van der Waals surface area contributed by atoms with E-state index in [1.807, 2.05) is 19.9 Å². The van der Waals surface area contributed by atoms with Crippen molar-refractivity contribution in [1.82, 2.24) is 20.5 Å². The number of nitrogens with two attached hydrogens (primary N) is 1. The van der Waals surface area contributed by atoms with Crippen molar-refractivity contribution >= 4 is 46.1 Å². The van der Waals surface area contributed by atoms with Crippen molar-refractivity contribution in [2.45, 2.75) is 82.8 Å². The number of rotatable bonds is 6. The number of aromatic nitrogens is 1. The van der Waals surface area contributed by atoms with Crippen molar-refractivity contribution in [2.75, 3.05) is 6.54 Å². The van der Waals surface area contributed by atoms with Crippen LogP contribution in [0.25, 0.3) is 10.9 Å². The van der Waals surface area contributed by atoms with E-state index in [-0.39, 0.29) is 29.2 Å². The third-order valence-electron chi connectivity index (χ3n) is 8.57. The van der Waals surface area contributed by atoms with Crippen LogP contribution >= 0.6 is 11.6 Å². The lowest BCUT2D eigenvalue weighted by Gasteiger charge is -2.32. The Kier molecular flexibility index (Phi) is 6.92. The molecule has 1 saturated carbocycles. The average Bonchev–Trinajstić information content (AvgIpc) is 3.51. The molecule has 3 heterocycles. The van der Waals surface area contributed by atoms with Crippen LogP contribution in [0.3, 0.4) is 0 Å². The molecule has 38 heavy (non-hydrogen) atoms. The maximum absolute atomic E-state index is 13.8. The van der Waals surface area contributed by atoms with Gasteiger partial charge >= 0.3 is 0 Å². The standard InChI is InChI=1S/C28H36ClN5O4/c1-27(2)13-17(24(36)33-27)11-20(23(30)35)32-25(37)22-14-28(8-4-3-5-9-28)15-34(22)26(38)21-10-16-6-7-18(29)12-19(16)31-21/h6-7,10,12,17,20,22,31H,3-5,8-9,11,13-15H2,1-2H3,(H2,30,35)(H,32,37)(H,33,36)/t17-,20+,22+/m1/s1. The highest BCUT2D eigenvalue weighted by molar-refractivity contribution is 6.31. The normalized spacial score (nSPS) is 24.9. The van der Waals surface area contributed by atoms with Gasteiger partial charge in [0.25, 0.3) is 5.91 Å². The van der Waals surface area contributed by atoms with Crippen LogP contribution in [0.15, 0.2) is 24.3 Å². The molecule has 2 aliphatic heterocycles. The molecule has 1 aromatic heterocycles. The van der Waals surface area contributed by atoms with E-state index in [1.54, 1.807) is 23.1 Å². The molecule has 10 heteroatoms. The summed E-state index contributed by atoms with van der Waals surface area (Å²) in [5, 5.41) is 7.15. The van der Waals surface area contributed by atoms with E-state index in [4.69, 9.17) is 17.3 Å². The van der Waals surface area contributed by atoms with Gasteiger partial charge in [0.15, 0.2) is 0 Å². The van der Waals surface area contributed by atoms with E-state index in [9.17, 15) is 19.2 Å². The second-order valence-corrected chi connectivity index (χ2v) is 12.5. The van der Waals surface area contributed by atoms with Crippen LogP contribution in [0.4, 0.5) is 0 Å². The van der Waals surface area contributed by atoms with Gasteiger partial charge in [-0.3, -0.25) is 19.2 Å². The molecule has 5 N–H and O–H groups in total. The second-order valence-electron chi connectivity index (χ2n) is 12.1. The van der Waals surface area contributed by atoms with Gasteiger partial charge < -0.3 is 26.3 Å². The Morgan fingerprint density at radius 3 is 2.55 bits per heavy atom. The van der Waals surface area contributed by atoms with Gasteiger partial charge in [0, 0.05) is 33.9 Å². The number of halogens is 1. The number of H-pyrrole nitrogens is 1. The fourth-order valence-electron chi connectivity index (χ4n) is 6.72. The summed E-state index contributed by atoms with van der Waals surface area (Å²) in [5.74, 6) is -1.92. The highest BCUT2D eigenvalue weighted by Gasteiger charge is 2.50. The number of benzene rings is 1. The summed E-state index contributed by atoms with van der Waals surface area (Å²) < 4.78 is 0. The number of fused-ring (bicyclic) bond motifs is 1. The summed E-state index contributed by atoms with van der Waals surface area (Å²) in [7, 11) is 0. The molecular weight excluding hydrogens is 506 g/mol. The van der Waals surface area contributed by atoms with Crippen LogP contribution in [-0.4, -0.2) is 57.7 Å². The van der Waals surface area contributed by atoms with E-state index in [0.29, 0.717) is 30.1 Å². The first-order valence-electron chi connectivity index (χ1n) is 13.5. The topological polar surface area (TPSA) is 137 Å².